The van der Waals surface area contributed by atoms with Gasteiger partial charge in [-0.2, -0.15) is 0 Å². The van der Waals surface area contributed by atoms with E-state index in [1.54, 1.807) is 0 Å². The van der Waals surface area contributed by atoms with Crippen LogP contribution in [0.3, 0.4) is 0 Å². The second kappa shape index (κ2) is 12.9. The summed E-state index contributed by atoms with van der Waals surface area (Å²) in [6, 6.07) is 0. The molecule has 0 aliphatic carbocycles. The molecule has 0 heterocycles. The maximum absolute atomic E-state index is 3.46. The summed E-state index contributed by atoms with van der Waals surface area (Å²) in [6.45, 7) is 9.09. The van der Waals surface area contributed by atoms with Crippen LogP contribution in [-0.4, -0.2) is 26.2 Å². The predicted molar refractivity (Wildman–Crippen MR) is 64.8 cm³/mol. The Hall–Kier alpha value is -0.0800. The van der Waals surface area contributed by atoms with E-state index in [1.165, 1.54) is 51.6 Å². The fourth-order valence-corrected chi connectivity index (χ4v) is 1.41. The molecule has 0 aromatic heterocycles. The Labute approximate surface area is 89.9 Å². The average molecular weight is 200 g/mol. The normalized spacial score (nSPS) is 10.7. The Kier molecular flexibility index (Phi) is 12.8. The van der Waals surface area contributed by atoms with Crippen molar-refractivity contribution < 1.29 is 0 Å². The van der Waals surface area contributed by atoms with Crippen LogP contribution < -0.4 is 10.6 Å². The topological polar surface area (TPSA) is 24.1 Å². The maximum atomic E-state index is 3.46. The summed E-state index contributed by atoms with van der Waals surface area (Å²) >= 11 is 0. The lowest BCUT2D eigenvalue weighted by Gasteiger charge is -2.05. The number of nitrogens with one attached hydrogen (secondary N) is 2. The molecule has 0 unspecified atom stereocenters. The van der Waals surface area contributed by atoms with Crippen LogP contribution in [0.4, 0.5) is 0 Å². The van der Waals surface area contributed by atoms with Crippen LogP contribution in [0.2, 0.25) is 0 Å². The molecule has 14 heavy (non-hydrogen) atoms. The molecule has 2 N–H and O–H groups in total. The summed E-state index contributed by atoms with van der Waals surface area (Å²) in [5.41, 5.74) is 0. The molecule has 2 heteroatoms. The largest absolute Gasteiger partial charge is 0.315 e. The van der Waals surface area contributed by atoms with Gasteiger partial charge in [0.15, 0.2) is 0 Å². The van der Waals surface area contributed by atoms with Gasteiger partial charge >= 0.3 is 0 Å². The van der Waals surface area contributed by atoms with Crippen LogP contribution in [-0.2, 0) is 0 Å². The molecule has 0 aromatic carbocycles. The molecule has 0 radical (unpaired) electrons. The van der Waals surface area contributed by atoms with Gasteiger partial charge in [-0.05, 0) is 25.9 Å². The molecule has 0 saturated heterocycles. The Morgan fingerprint density at radius 2 is 1.14 bits per heavy atom. The molecule has 86 valence electrons. The van der Waals surface area contributed by atoms with Crippen LogP contribution in [0.15, 0.2) is 0 Å². The second-order valence-corrected chi connectivity index (χ2v) is 3.91. The second-order valence-electron chi connectivity index (χ2n) is 3.91. The lowest BCUT2D eigenvalue weighted by atomic mass is 10.2. The molecule has 0 bridgehead atoms. The van der Waals surface area contributed by atoms with Crippen LogP contribution >= 0.6 is 0 Å². The number of hydrogen-bond acceptors (Lipinski definition) is 2. The first-order chi connectivity index (χ1) is 6.91. The molecule has 0 aliphatic heterocycles. The van der Waals surface area contributed by atoms with Gasteiger partial charge in [-0.3, -0.25) is 0 Å². The highest BCUT2D eigenvalue weighted by Crippen LogP contribution is 1.96. The first-order valence-electron chi connectivity index (χ1n) is 6.33. The third kappa shape index (κ3) is 11.9. The third-order valence-corrected chi connectivity index (χ3v) is 2.39. The molecule has 0 rings (SSSR count). The molecule has 0 spiro atoms. The molecular weight excluding hydrogens is 172 g/mol. The zero-order chi connectivity index (χ0) is 10.5. The molecule has 0 amide bonds. The summed E-state index contributed by atoms with van der Waals surface area (Å²) in [7, 11) is 0. The smallest absolute Gasteiger partial charge is 0.00767 e. The van der Waals surface area contributed by atoms with Gasteiger partial charge in [-0.15, -0.1) is 0 Å². The average Bonchev–Trinajstić information content (AvgIpc) is 2.21. The van der Waals surface area contributed by atoms with Gasteiger partial charge in [0, 0.05) is 13.1 Å². The summed E-state index contributed by atoms with van der Waals surface area (Å²) < 4.78 is 0. The highest BCUT2D eigenvalue weighted by atomic mass is 14.9. The summed E-state index contributed by atoms with van der Waals surface area (Å²) in [4.78, 5) is 0. The van der Waals surface area contributed by atoms with Gasteiger partial charge in [-0.25, -0.2) is 0 Å². The Morgan fingerprint density at radius 1 is 0.571 bits per heavy atom. The van der Waals surface area contributed by atoms with E-state index in [0.717, 1.165) is 13.1 Å². The van der Waals surface area contributed by atoms with Gasteiger partial charge in [0.1, 0.15) is 0 Å². The first kappa shape index (κ1) is 13.9. The van der Waals surface area contributed by atoms with E-state index in [0.29, 0.717) is 0 Å². The van der Waals surface area contributed by atoms with Gasteiger partial charge in [0.2, 0.25) is 0 Å². The van der Waals surface area contributed by atoms with Crippen molar-refractivity contribution in [1.82, 2.24) is 10.6 Å². The van der Waals surface area contributed by atoms with Crippen LogP contribution in [0.5, 0.6) is 0 Å². The number of unbranched alkanes of at least 4 members (excludes halogenated alkanes) is 4. The number of rotatable bonds is 11. The Bertz CT molecular complexity index is 82.3. The van der Waals surface area contributed by atoms with E-state index in [9.17, 15) is 0 Å². The van der Waals surface area contributed by atoms with Crippen molar-refractivity contribution in [3.63, 3.8) is 0 Å². The fraction of sp³-hybridized carbons (Fsp3) is 1.00. The van der Waals surface area contributed by atoms with Crippen LogP contribution in [0.1, 0.15) is 52.4 Å². The van der Waals surface area contributed by atoms with Crippen molar-refractivity contribution in [2.24, 2.45) is 0 Å². The van der Waals surface area contributed by atoms with E-state index in [1.807, 2.05) is 0 Å². The highest BCUT2D eigenvalue weighted by molar-refractivity contribution is 4.52. The third-order valence-electron chi connectivity index (χ3n) is 2.39. The maximum Gasteiger partial charge on any atom is 0.00767 e. The monoisotopic (exact) mass is 200 g/mol. The zero-order valence-electron chi connectivity index (χ0n) is 10.1. The molecule has 0 saturated carbocycles. The van der Waals surface area contributed by atoms with Crippen LogP contribution in [0, 0.1) is 0 Å². The van der Waals surface area contributed by atoms with E-state index >= 15 is 0 Å². The van der Waals surface area contributed by atoms with E-state index in [4.69, 9.17) is 0 Å². The minimum Gasteiger partial charge on any atom is -0.315 e. The summed E-state index contributed by atoms with van der Waals surface area (Å²) in [5, 5.41) is 6.88. The number of hydrogen-bond donors (Lipinski definition) is 2. The van der Waals surface area contributed by atoms with Crippen LogP contribution in [0.25, 0.3) is 0 Å². The standard InChI is InChI=1S/C12H28N2/c1-3-5-7-8-10-14-12-11-13-9-6-4-2/h13-14H,3-12H2,1-2H3. The highest BCUT2D eigenvalue weighted by Gasteiger charge is 1.89. The zero-order valence-corrected chi connectivity index (χ0v) is 10.1. The molecule has 0 aromatic rings. The van der Waals surface area contributed by atoms with Crippen molar-refractivity contribution >= 4 is 0 Å². The predicted octanol–water partition coefficient (Wildman–Crippen LogP) is 2.55. The van der Waals surface area contributed by atoms with E-state index in [2.05, 4.69) is 24.5 Å². The lowest BCUT2D eigenvalue weighted by Crippen LogP contribution is -2.28. The van der Waals surface area contributed by atoms with Gasteiger partial charge in [-0.1, -0.05) is 39.5 Å². The van der Waals surface area contributed by atoms with Gasteiger partial charge in [0.05, 0.1) is 0 Å². The van der Waals surface area contributed by atoms with Crippen molar-refractivity contribution in [3.8, 4) is 0 Å². The summed E-state index contributed by atoms with van der Waals surface area (Å²) in [6.07, 6.45) is 8.03. The fourth-order valence-electron chi connectivity index (χ4n) is 1.41. The molecular formula is C12H28N2. The van der Waals surface area contributed by atoms with Crippen molar-refractivity contribution in [2.45, 2.75) is 52.4 Å². The minimum atomic E-state index is 1.12. The van der Waals surface area contributed by atoms with Gasteiger partial charge in [0.25, 0.3) is 0 Å². The SMILES string of the molecule is CCCCCCNCCNCCCC. The molecule has 0 fully saturated rings. The van der Waals surface area contributed by atoms with Crippen molar-refractivity contribution in [2.75, 3.05) is 26.2 Å². The van der Waals surface area contributed by atoms with Gasteiger partial charge < -0.3 is 10.6 Å². The summed E-state index contributed by atoms with van der Waals surface area (Å²) in [5.74, 6) is 0. The Balaban J connectivity index is 2.78. The quantitative estimate of drug-likeness (QED) is 0.501. The van der Waals surface area contributed by atoms with Crippen molar-refractivity contribution in [1.29, 1.82) is 0 Å². The molecule has 2 nitrogen and oxygen atoms in total. The lowest BCUT2D eigenvalue weighted by molar-refractivity contribution is 0.565. The van der Waals surface area contributed by atoms with E-state index in [-0.39, 0.29) is 0 Å². The van der Waals surface area contributed by atoms with Crippen molar-refractivity contribution in [3.05, 3.63) is 0 Å². The molecule has 0 atom stereocenters. The van der Waals surface area contributed by atoms with E-state index < -0.39 is 0 Å². The Morgan fingerprint density at radius 3 is 1.71 bits per heavy atom. The molecule has 0 aliphatic rings. The first-order valence-corrected chi connectivity index (χ1v) is 6.33. The minimum absolute atomic E-state index is 1.12.